The SMILES string of the molecule is O=S(O)O[C@@H]1[C@@H](OS(=O)(=O)O)[C@H](OC[C@@H](OS(=O)O)[C@@H](OS(=O)O)[C@H](OS(=O)(=O)O)[C@@H](COS(=O)(=O)O)OS(=O)(=O)O)OC[C@H]1OS(=O)O. The van der Waals surface area contributed by atoms with Crippen LogP contribution in [0.2, 0.25) is 0 Å². The number of rotatable bonds is 23. The predicted octanol–water partition coefficient (Wildman–Crippen LogP) is -5.17. The quantitative estimate of drug-likeness (QED) is 0.0351. The average Bonchev–Trinajstić information content (AvgIpc) is 2.86. The Morgan fingerprint density at radius 1 is 0.612 bits per heavy atom. The minimum absolute atomic E-state index is 1.06. The summed E-state index contributed by atoms with van der Waals surface area (Å²) < 4.78 is 254. The Hall–Kier alpha value is -0.320. The summed E-state index contributed by atoms with van der Waals surface area (Å²) >= 11 is -14.0. The van der Waals surface area contributed by atoms with Crippen molar-refractivity contribution in [3.05, 3.63) is 0 Å². The van der Waals surface area contributed by atoms with Crippen LogP contribution < -0.4 is 0 Å². The van der Waals surface area contributed by atoms with Crippen molar-refractivity contribution < 1.29 is 130 Å². The first kappa shape index (κ1) is 46.7. The van der Waals surface area contributed by atoms with Gasteiger partial charge >= 0.3 is 87.0 Å². The molecule has 0 aromatic heterocycles. The van der Waals surface area contributed by atoms with Crippen molar-refractivity contribution in [2.45, 2.75) is 49.0 Å². The van der Waals surface area contributed by atoms with Gasteiger partial charge in [-0.2, -0.15) is 50.5 Å². The highest BCUT2D eigenvalue weighted by molar-refractivity contribution is 7.81. The first-order chi connectivity index (χ1) is 22.1. The number of ether oxygens (including phenoxy) is 2. The molecule has 0 aromatic rings. The Balaban J connectivity index is 3.77. The third kappa shape index (κ3) is 19.9. The van der Waals surface area contributed by atoms with Crippen LogP contribution in [0.5, 0.6) is 0 Å². The van der Waals surface area contributed by atoms with Crippen molar-refractivity contribution in [3.63, 3.8) is 0 Å². The van der Waals surface area contributed by atoms with Crippen LogP contribution in [-0.4, -0.2) is 156 Å². The second kappa shape index (κ2) is 19.7. The molecule has 1 saturated heterocycles. The summed E-state index contributed by atoms with van der Waals surface area (Å²) in [4.78, 5) is 0. The Kier molecular flexibility index (Phi) is 18.7. The molecule has 1 heterocycles. The van der Waals surface area contributed by atoms with Crippen LogP contribution >= 0.6 is 0 Å². The van der Waals surface area contributed by atoms with Gasteiger partial charge in [-0.05, 0) is 0 Å². The predicted molar refractivity (Wildman–Crippen MR) is 145 cm³/mol. The summed E-state index contributed by atoms with van der Waals surface area (Å²) in [6.45, 7) is -4.67. The van der Waals surface area contributed by atoms with Crippen molar-refractivity contribution >= 4 is 87.0 Å². The normalized spacial score (nSPS) is 26.2. The lowest BCUT2D eigenvalue weighted by atomic mass is 10.0. The second-order valence-electron chi connectivity index (χ2n) is 8.05. The molecule has 0 aliphatic carbocycles. The van der Waals surface area contributed by atoms with Crippen LogP contribution in [0.25, 0.3) is 0 Å². The molecule has 0 spiro atoms. The lowest BCUT2D eigenvalue weighted by molar-refractivity contribution is -0.261. The van der Waals surface area contributed by atoms with Crippen LogP contribution in [0.1, 0.15) is 0 Å². The van der Waals surface area contributed by atoms with Crippen LogP contribution in [0, 0.1) is 0 Å². The zero-order valence-electron chi connectivity index (χ0n) is 22.6. The molecule has 0 bridgehead atoms. The lowest BCUT2D eigenvalue weighted by Crippen LogP contribution is -2.59. The Morgan fingerprint density at radius 2 is 1.14 bits per heavy atom. The molecule has 49 heavy (non-hydrogen) atoms. The zero-order valence-corrected chi connectivity index (χ0v) is 29.1. The van der Waals surface area contributed by atoms with Crippen LogP contribution in [0.15, 0.2) is 0 Å². The molecule has 8 N–H and O–H groups in total. The molecule has 12 atom stereocenters. The van der Waals surface area contributed by atoms with E-state index in [9.17, 15) is 68.7 Å². The van der Waals surface area contributed by atoms with Crippen LogP contribution in [0.3, 0.4) is 0 Å². The maximum Gasteiger partial charge on any atom is 0.397 e. The fourth-order valence-electron chi connectivity index (χ4n) is 3.38. The van der Waals surface area contributed by atoms with E-state index in [1.165, 1.54) is 0 Å². The topological polar surface area (TPSA) is 459 Å². The number of hydrogen-bond acceptors (Lipinski definition) is 22. The van der Waals surface area contributed by atoms with Gasteiger partial charge in [-0.1, -0.05) is 0 Å². The van der Waals surface area contributed by atoms with E-state index in [2.05, 4.69) is 33.5 Å². The Bertz CT molecular complexity index is 1620. The van der Waals surface area contributed by atoms with Crippen molar-refractivity contribution in [1.82, 2.24) is 0 Å². The maximum atomic E-state index is 11.6. The van der Waals surface area contributed by atoms with E-state index in [1.54, 1.807) is 0 Å². The van der Waals surface area contributed by atoms with E-state index in [-0.39, 0.29) is 0 Å². The van der Waals surface area contributed by atoms with Crippen LogP contribution in [-0.2, 0) is 130 Å². The van der Waals surface area contributed by atoms with Gasteiger partial charge in [0.05, 0.1) is 19.8 Å². The number of hydrogen-bond donors (Lipinski definition) is 8. The summed E-state index contributed by atoms with van der Waals surface area (Å²) in [7, 11) is -23.2. The largest absolute Gasteiger partial charge is 0.397 e. The molecular weight excluding hydrogens is 869 g/mol. The molecule has 4 unspecified atom stereocenters. The van der Waals surface area contributed by atoms with Gasteiger partial charge in [0.1, 0.15) is 36.6 Å². The van der Waals surface area contributed by atoms with Crippen molar-refractivity contribution in [2.24, 2.45) is 0 Å². The summed E-state index contributed by atoms with van der Waals surface area (Å²) in [5.41, 5.74) is 0. The average molecular weight is 891 g/mol. The van der Waals surface area contributed by atoms with Gasteiger partial charge in [0.15, 0.2) is 12.4 Å². The zero-order chi connectivity index (χ0) is 38.1. The first-order valence-electron chi connectivity index (χ1n) is 11.0. The smallest absolute Gasteiger partial charge is 0.347 e. The van der Waals surface area contributed by atoms with Gasteiger partial charge < -0.3 is 9.47 Å². The van der Waals surface area contributed by atoms with E-state index in [1.807, 2.05) is 0 Å². The van der Waals surface area contributed by atoms with Gasteiger partial charge in [-0.15, -0.1) is 0 Å². The molecule has 1 rings (SSSR count). The molecule has 0 amide bonds. The molecule has 0 aromatic carbocycles. The van der Waals surface area contributed by atoms with Crippen molar-refractivity contribution in [1.29, 1.82) is 0 Å². The Morgan fingerprint density at radius 3 is 1.57 bits per heavy atom. The van der Waals surface area contributed by atoms with E-state index < -0.39 is 156 Å². The Labute approximate surface area is 284 Å². The van der Waals surface area contributed by atoms with Gasteiger partial charge in [0.25, 0.3) is 0 Å². The van der Waals surface area contributed by atoms with Crippen molar-refractivity contribution in [3.8, 4) is 0 Å². The summed E-state index contributed by atoms with van der Waals surface area (Å²) in [6, 6.07) is 0. The minimum atomic E-state index is -6.01. The van der Waals surface area contributed by atoms with Gasteiger partial charge in [-0.3, -0.25) is 53.2 Å². The van der Waals surface area contributed by atoms with Crippen molar-refractivity contribution in [2.75, 3.05) is 19.8 Å². The molecule has 30 nitrogen and oxygen atoms in total. The highest BCUT2D eigenvalue weighted by Gasteiger charge is 2.50. The first-order valence-corrected chi connectivity index (χ1v) is 20.6. The monoisotopic (exact) mass is 890 g/mol. The maximum absolute atomic E-state index is 11.6. The molecule has 0 saturated carbocycles. The van der Waals surface area contributed by atoms with E-state index in [4.69, 9.17) is 27.7 Å². The van der Waals surface area contributed by atoms with E-state index >= 15 is 0 Å². The fourth-order valence-corrected chi connectivity index (χ4v) is 6.76. The second-order valence-corrected chi connectivity index (χ2v) is 14.8. The van der Waals surface area contributed by atoms with Gasteiger partial charge in [0.2, 0.25) is 0 Å². The standard InChI is InChI=1S/C11H22O30S8/c12-42(13)35-4(1-32-11-10(41-49(29,30)31)8(38-45(18)19)5(2-33-11)36-43(14)15)7(37-44(16)17)9(40-48(26,27)28)6(39-47(23,24)25)3-34-46(20,21)22/h4-11H,1-3H2,(H,12,13)(H,14,15)(H,16,17)(H,18,19)(H,20,21,22)(H,23,24,25)(H,26,27,28)(H,29,30,31)/t4-,5-,6-,7-,8+,9-,10-,11-/m1/s1. The fraction of sp³-hybridized carbons (Fsp3) is 1.00. The molecule has 38 heteroatoms. The summed E-state index contributed by atoms with van der Waals surface area (Å²) in [5.74, 6) is 0. The molecule has 1 aliphatic rings. The third-order valence-electron chi connectivity index (χ3n) is 4.76. The van der Waals surface area contributed by atoms with E-state index in [0.717, 1.165) is 0 Å². The van der Waals surface area contributed by atoms with E-state index in [0.29, 0.717) is 0 Å². The molecule has 1 aliphatic heterocycles. The molecule has 1 fully saturated rings. The summed E-state index contributed by atoms with van der Waals surface area (Å²) in [5, 5.41) is 0. The molecule has 294 valence electrons. The third-order valence-corrected chi connectivity index (χ3v) is 8.21. The highest BCUT2D eigenvalue weighted by Crippen LogP contribution is 2.29. The molecule has 0 radical (unpaired) electrons. The molecular formula is C11H22O30S8. The van der Waals surface area contributed by atoms with Gasteiger partial charge in [-0.25, -0.2) is 16.7 Å². The minimum Gasteiger partial charge on any atom is -0.347 e. The van der Waals surface area contributed by atoms with Crippen LogP contribution in [0.4, 0.5) is 0 Å². The van der Waals surface area contributed by atoms with Gasteiger partial charge in [0, 0.05) is 0 Å². The highest BCUT2D eigenvalue weighted by atomic mass is 32.3. The lowest BCUT2D eigenvalue weighted by Gasteiger charge is -2.39. The summed E-state index contributed by atoms with van der Waals surface area (Å²) in [6.07, 6.45) is -21.4.